The Hall–Kier alpha value is -1.83. The number of nitrogens with zero attached hydrogens (tertiary/aromatic N) is 3. The minimum atomic E-state index is 0.673. The molecular formula is C23H37N9S2. The van der Waals surface area contributed by atoms with Gasteiger partial charge in [0.2, 0.25) is 0 Å². The fourth-order valence-corrected chi connectivity index (χ4v) is 4.84. The van der Waals surface area contributed by atoms with E-state index >= 15 is 0 Å². The number of rotatable bonds is 18. The predicted molar refractivity (Wildman–Crippen MR) is 143 cm³/mol. The van der Waals surface area contributed by atoms with Crippen LogP contribution in [0.2, 0.25) is 0 Å². The molecule has 186 valence electrons. The van der Waals surface area contributed by atoms with Gasteiger partial charge >= 0.3 is 0 Å². The molecule has 0 aliphatic rings. The SMILES string of the molecule is NCCNCCNCCc1nc(-c2cccc(-c3csc(CCNCCNCCN)n3)n2)cs1. The smallest absolute Gasteiger partial charge is 0.0998 e. The van der Waals surface area contributed by atoms with Gasteiger partial charge in [0.15, 0.2) is 0 Å². The van der Waals surface area contributed by atoms with Crippen LogP contribution in [0, 0.1) is 0 Å². The maximum Gasteiger partial charge on any atom is 0.0998 e. The summed E-state index contributed by atoms with van der Waals surface area (Å²) >= 11 is 3.37. The molecule has 8 N–H and O–H groups in total. The summed E-state index contributed by atoms with van der Waals surface area (Å²) in [5.41, 5.74) is 14.6. The molecular weight excluding hydrogens is 466 g/mol. The summed E-state index contributed by atoms with van der Waals surface area (Å²) in [6.07, 6.45) is 1.82. The first kappa shape index (κ1) is 26.8. The summed E-state index contributed by atoms with van der Waals surface area (Å²) in [5.74, 6) is 0. The standard InChI is InChI=1S/C23H37N9S2/c24-6-10-28-14-12-26-8-4-22-31-20(16-33-22)18-2-1-3-19(30-18)21-17-34-23(32-21)5-9-27-13-15-29-11-7-25/h1-3,16-17,26-29H,4-15,24-25H2. The Morgan fingerprint density at radius 3 is 1.44 bits per heavy atom. The zero-order valence-electron chi connectivity index (χ0n) is 19.7. The molecule has 0 radical (unpaired) electrons. The van der Waals surface area contributed by atoms with E-state index < -0.39 is 0 Å². The number of pyridine rings is 1. The van der Waals surface area contributed by atoms with Crippen molar-refractivity contribution in [3.8, 4) is 22.8 Å². The maximum atomic E-state index is 5.47. The lowest BCUT2D eigenvalue weighted by molar-refractivity contribution is 0.614. The largest absolute Gasteiger partial charge is 0.329 e. The Labute approximate surface area is 210 Å². The molecule has 0 saturated carbocycles. The summed E-state index contributed by atoms with van der Waals surface area (Å²) in [6, 6.07) is 6.06. The van der Waals surface area contributed by atoms with Gasteiger partial charge in [0.05, 0.1) is 32.8 Å². The quantitative estimate of drug-likeness (QED) is 0.138. The zero-order valence-corrected chi connectivity index (χ0v) is 21.3. The third-order valence-electron chi connectivity index (χ3n) is 5.01. The second kappa shape index (κ2) is 16.0. The van der Waals surface area contributed by atoms with Crippen molar-refractivity contribution < 1.29 is 0 Å². The van der Waals surface area contributed by atoms with Crippen LogP contribution in [-0.2, 0) is 12.8 Å². The number of hydrogen-bond acceptors (Lipinski definition) is 11. The molecule has 0 amide bonds. The first-order valence-electron chi connectivity index (χ1n) is 11.9. The number of hydrogen-bond donors (Lipinski definition) is 6. The van der Waals surface area contributed by atoms with Crippen molar-refractivity contribution in [2.75, 3.05) is 65.4 Å². The first-order chi connectivity index (χ1) is 16.8. The van der Waals surface area contributed by atoms with E-state index in [0.717, 1.165) is 98.0 Å². The third kappa shape index (κ3) is 9.43. The van der Waals surface area contributed by atoms with Gasteiger partial charge in [0.25, 0.3) is 0 Å². The molecule has 0 unspecified atom stereocenters. The highest BCUT2D eigenvalue weighted by Crippen LogP contribution is 2.25. The van der Waals surface area contributed by atoms with Gasteiger partial charge in [-0.1, -0.05) is 6.07 Å². The summed E-state index contributed by atoms with van der Waals surface area (Å²) in [6.45, 7) is 8.60. The number of aromatic nitrogens is 3. The van der Waals surface area contributed by atoms with Gasteiger partial charge in [-0.3, -0.25) is 0 Å². The first-order valence-corrected chi connectivity index (χ1v) is 13.7. The molecule has 3 aromatic rings. The van der Waals surface area contributed by atoms with Crippen molar-refractivity contribution in [3.05, 3.63) is 39.0 Å². The van der Waals surface area contributed by atoms with Crippen LogP contribution in [0.15, 0.2) is 29.0 Å². The lowest BCUT2D eigenvalue weighted by Gasteiger charge is -2.04. The summed E-state index contributed by atoms with van der Waals surface area (Å²) < 4.78 is 0. The fraction of sp³-hybridized carbons (Fsp3) is 0.522. The van der Waals surface area contributed by atoms with Crippen LogP contribution in [0.25, 0.3) is 22.8 Å². The van der Waals surface area contributed by atoms with E-state index in [1.807, 2.05) is 18.2 Å². The van der Waals surface area contributed by atoms with Crippen LogP contribution >= 0.6 is 22.7 Å². The molecule has 11 heteroatoms. The maximum absolute atomic E-state index is 5.47. The highest BCUT2D eigenvalue weighted by atomic mass is 32.1. The lowest BCUT2D eigenvalue weighted by atomic mass is 10.2. The van der Waals surface area contributed by atoms with Crippen LogP contribution in [-0.4, -0.2) is 80.4 Å². The van der Waals surface area contributed by atoms with Gasteiger partial charge in [-0.25, -0.2) is 15.0 Å². The molecule has 3 heterocycles. The van der Waals surface area contributed by atoms with Gasteiger partial charge in [0.1, 0.15) is 0 Å². The zero-order chi connectivity index (χ0) is 23.8. The fourth-order valence-electron chi connectivity index (χ4n) is 3.26. The van der Waals surface area contributed by atoms with Gasteiger partial charge in [-0.15, -0.1) is 22.7 Å². The van der Waals surface area contributed by atoms with Crippen molar-refractivity contribution in [1.82, 2.24) is 36.2 Å². The van der Waals surface area contributed by atoms with Crippen LogP contribution < -0.4 is 32.7 Å². The number of thiazole rings is 2. The average Bonchev–Trinajstić information content (AvgIpc) is 3.53. The molecule has 3 aromatic heterocycles. The molecule has 3 rings (SSSR count). The second-order valence-electron chi connectivity index (χ2n) is 7.74. The topological polar surface area (TPSA) is 139 Å². The van der Waals surface area contributed by atoms with Gasteiger partial charge < -0.3 is 32.7 Å². The third-order valence-corrected chi connectivity index (χ3v) is 6.83. The van der Waals surface area contributed by atoms with Crippen LogP contribution in [0.4, 0.5) is 0 Å². The Balaban J connectivity index is 1.45. The summed E-state index contributed by atoms with van der Waals surface area (Å²) in [4.78, 5) is 14.4. The van der Waals surface area contributed by atoms with Crippen LogP contribution in [0.3, 0.4) is 0 Å². The molecule has 0 spiro atoms. The normalized spacial score (nSPS) is 11.4. The van der Waals surface area contributed by atoms with Crippen molar-refractivity contribution in [1.29, 1.82) is 0 Å². The Kier molecular flexibility index (Phi) is 12.6. The Morgan fingerprint density at radius 1 is 0.559 bits per heavy atom. The lowest BCUT2D eigenvalue weighted by Crippen LogP contribution is -2.31. The molecule has 0 aromatic carbocycles. The monoisotopic (exact) mass is 503 g/mol. The van der Waals surface area contributed by atoms with Crippen LogP contribution in [0.1, 0.15) is 10.0 Å². The highest BCUT2D eigenvalue weighted by molar-refractivity contribution is 7.10. The molecule has 0 saturated heterocycles. The predicted octanol–water partition coefficient (Wildman–Crippen LogP) is 0.689. The van der Waals surface area contributed by atoms with E-state index in [4.69, 9.17) is 26.4 Å². The van der Waals surface area contributed by atoms with E-state index in [0.29, 0.717) is 13.1 Å². The Morgan fingerprint density at radius 2 is 1.00 bits per heavy atom. The van der Waals surface area contributed by atoms with Gasteiger partial charge in [-0.05, 0) is 12.1 Å². The molecule has 34 heavy (non-hydrogen) atoms. The molecule has 0 bridgehead atoms. The second-order valence-corrected chi connectivity index (χ2v) is 9.62. The summed E-state index contributed by atoms with van der Waals surface area (Å²) in [7, 11) is 0. The number of nitrogens with two attached hydrogens (primary N) is 2. The molecule has 0 fully saturated rings. The van der Waals surface area contributed by atoms with E-state index in [2.05, 4.69) is 32.0 Å². The van der Waals surface area contributed by atoms with Gasteiger partial charge in [-0.2, -0.15) is 0 Å². The highest BCUT2D eigenvalue weighted by Gasteiger charge is 2.10. The van der Waals surface area contributed by atoms with E-state index in [1.54, 1.807) is 22.7 Å². The summed E-state index contributed by atoms with van der Waals surface area (Å²) in [5, 5.41) is 19.8. The molecule has 0 aliphatic carbocycles. The molecule has 0 atom stereocenters. The average molecular weight is 504 g/mol. The Bertz CT molecular complexity index is 872. The van der Waals surface area contributed by atoms with E-state index in [9.17, 15) is 0 Å². The van der Waals surface area contributed by atoms with E-state index in [1.165, 1.54) is 0 Å². The van der Waals surface area contributed by atoms with Crippen molar-refractivity contribution in [2.24, 2.45) is 11.5 Å². The van der Waals surface area contributed by atoms with Crippen molar-refractivity contribution in [2.45, 2.75) is 12.8 Å². The number of nitrogens with one attached hydrogen (secondary N) is 4. The van der Waals surface area contributed by atoms with E-state index in [-0.39, 0.29) is 0 Å². The van der Waals surface area contributed by atoms with Crippen LogP contribution in [0.5, 0.6) is 0 Å². The van der Waals surface area contributed by atoms with Crippen molar-refractivity contribution >= 4 is 22.7 Å². The van der Waals surface area contributed by atoms with Gasteiger partial charge in [0, 0.05) is 89.0 Å². The van der Waals surface area contributed by atoms with Crippen molar-refractivity contribution in [3.63, 3.8) is 0 Å². The molecule has 9 nitrogen and oxygen atoms in total. The minimum absolute atomic E-state index is 0.673. The molecule has 0 aliphatic heterocycles. The minimum Gasteiger partial charge on any atom is -0.329 e.